The number of rotatable bonds is 20. The summed E-state index contributed by atoms with van der Waals surface area (Å²) in [6.07, 6.45) is 14.1. The van der Waals surface area contributed by atoms with E-state index in [-0.39, 0.29) is 10.8 Å². The number of anilines is 6. The lowest BCUT2D eigenvalue weighted by Crippen LogP contribution is -2.26. The van der Waals surface area contributed by atoms with Crippen molar-refractivity contribution in [3.63, 3.8) is 0 Å². The minimum Gasteiger partial charge on any atom is -0.310 e. The first-order valence-corrected chi connectivity index (χ1v) is 37.5. The Morgan fingerprint density at radius 1 is 0.240 bits per heavy atom. The van der Waals surface area contributed by atoms with Crippen LogP contribution in [0.5, 0.6) is 0 Å². The summed E-state index contributed by atoms with van der Waals surface area (Å²) in [7, 11) is 0. The normalized spacial score (nSPS) is 14.1. The Bertz CT molecular complexity index is 5110. The summed E-state index contributed by atoms with van der Waals surface area (Å²) < 4.78 is 0. The highest BCUT2D eigenvalue weighted by Crippen LogP contribution is 2.64. The highest BCUT2D eigenvalue weighted by atomic mass is 15.1. The number of aryl methyl sites for hydroxylation is 3. The van der Waals surface area contributed by atoms with Crippen LogP contribution in [0, 0.1) is 20.8 Å². The van der Waals surface area contributed by atoms with Gasteiger partial charge in [0.05, 0.1) is 5.41 Å². The van der Waals surface area contributed by atoms with Gasteiger partial charge in [-0.05, 0) is 253 Å². The van der Waals surface area contributed by atoms with Crippen LogP contribution in [0.3, 0.4) is 0 Å². The van der Waals surface area contributed by atoms with Gasteiger partial charge in [-0.15, -0.1) is 0 Å². The van der Waals surface area contributed by atoms with E-state index >= 15 is 0 Å². The second kappa shape index (κ2) is 25.5. The third-order valence-electron chi connectivity index (χ3n) is 23.7. The molecule has 492 valence electrons. The largest absolute Gasteiger partial charge is 0.310 e. The van der Waals surface area contributed by atoms with Crippen molar-refractivity contribution in [3.8, 4) is 66.8 Å². The predicted molar refractivity (Wildman–Crippen MR) is 425 cm³/mol. The molecule has 1 spiro atoms. The number of hydrogen-bond donors (Lipinski definition) is 0. The van der Waals surface area contributed by atoms with Gasteiger partial charge in [0.1, 0.15) is 0 Å². The second-order valence-electron chi connectivity index (χ2n) is 29.6. The molecule has 0 saturated carbocycles. The van der Waals surface area contributed by atoms with Gasteiger partial charge in [-0.2, -0.15) is 0 Å². The fraction of sp³-hybridized carbons (Fsp3) is 0.224. The van der Waals surface area contributed by atoms with Gasteiger partial charge in [0, 0.05) is 45.0 Å². The minimum absolute atomic E-state index is 0.0525. The first-order chi connectivity index (χ1) is 49.1. The topological polar surface area (TPSA) is 6.48 Å². The molecule has 100 heavy (non-hydrogen) atoms. The van der Waals surface area contributed by atoms with Crippen LogP contribution in [0.2, 0.25) is 0 Å². The van der Waals surface area contributed by atoms with E-state index in [0.717, 1.165) is 42.7 Å². The lowest BCUT2D eigenvalue weighted by molar-refractivity contribution is 0.414. The molecule has 17 rings (SSSR count). The van der Waals surface area contributed by atoms with Crippen molar-refractivity contribution in [1.82, 2.24) is 0 Å². The Morgan fingerprint density at radius 3 is 1.02 bits per heavy atom. The molecule has 0 radical (unpaired) electrons. The molecule has 0 saturated heterocycles. The summed E-state index contributed by atoms with van der Waals surface area (Å²) in [4.78, 5) is 5.11. The maximum atomic E-state index is 2.64. The lowest BCUT2D eigenvalue weighted by atomic mass is 9.70. The average Bonchev–Trinajstić information content (AvgIpc) is 1.51. The predicted octanol–water partition coefficient (Wildman–Crippen LogP) is 27.7. The third kappa shape index (κ3) is 10.0. The van der Waals surface area contributed by atoms with E-state index in [0.29, 0.717) is 0 Å². The summed E-state index contributed by atoms with van der Waals surface area (Å²) in [5.41, 5.74) is 37.5. The standard InChI is InChI=1S/C98H90N2/c1-8-12-54-96(55-13-9-2)91-58-65(5)32-48-83(91)85-51-45-76(62-93(85)96)100(77-46-52-86-84-49-33-66(6)59-92(84)97(56-14-10-3,57-15-11-4)94(86)63-77)75-44-50-79(67(7)60-75)70-38-42-74(43-39-70)99(73-40-36-69(37-41-73)72-35-34-68-24-16-17-25-71(68)61-72)78-47-53-87-82-28-20-23-31-90(82)98(95(87)64-78)88-29-21-18-26-80(88)81-27-19-22-30-89(81)98/h16-53,58-64H,8-15,54-57H2,1-7H3. The van der Waals surface area contributed by atoms with Crippen LogP contribution in [0.15, 0.2) is 273 Å². The Morgan fingerprint density at radius 2 is 0.570 bits per heavy atom. The Kier molecular flexibility index (Phi) is 16.1. The quantitative estimate of drug-likeness (QED) is 0.0750. The van der Waals surface area contributed by atoms with Crippen LogP contribution in [0.1, 0.15) is 166 Å². The summed E-state index contributed by atoms with van der Waals surface area (Å²) in [5, 5.41) is 2.50. The van der Waals surface area contributed by atoms with E-state index in [4.69, 9.17) is 0 Å². The molecule has 4 aliphatic rings. The Hall–Kier alpha value is -10.3. The van der Waals surface area contributed by atoms with E-state index in [1.807, 2.05) is 0 Å². The first kappa shape index (κ1) is 63.2. The van der Waals surface area contributed by atoms with Crippen LogP contribution >= 0.6 is 0 Å². The molecule has 2 nitrogen and oxygen atoms in total. The Balaban J connectivity index is 0.797. The van der Waals surface area contributed by atoms with Gasteiger partial charge in [0.15, 0.2) is 0 Å². The van der Waals surface area contributed by atoms with Crippen molar-refractivity contribution < 1.29 is 0 Å². The fourth-order valence-electron chi connectivity index (χ4n) is 18.9. The SMILES string of the molecule is CCCCC1(CCCC)c2cc(C)ccc2-c2ccc(N(c3ccc(-c4ccc(N(c5ccc(-c6ccc7ccccc7c6)cc5)c5ccc6c(c5)C5(c7ccccc7-c7ccccc75)c5ccccc5-6)cc4)c(C)c3)c3ccc4c(c3)C(CCCC)(CCCC)c3cc(C)ccc3-4)cc21. The van der Waals surface area contributed by atoms with Crippen LogP contribution in [0.25, 0.3) is 77.5 Å². The molecule has 0 aliphatic heterocycles. The van der Waals surface area contributed by atoms with Crippen molar-refractivity contribution in [2.75, 3.05) is 9.80 Å². The number of benzene rings is 13. The molecule has 2 heteroatoms. The van der Waals surface area contributed by atoms with E-state index in [1.54, 1.807) is 0 Å². The maximum Gasteiger partial charge on any atom is 0.0726 e. The zero-order valence-electron chi connectivity index (χ0n) is 59.4. The number of fused-ring (bicyclic) bond motifs is 17. The van der Waals surface area contributed by atoms with Crippen LogP contribution < -0.4 is 9.80 Å². The van der Waals surface area contributed by atoms with Gasteiger partial charge in [0.2, 0.25) is 0 Å². The summed E-state index contributed by atoms with van der Waals surface area (Å²) in [6, 6.07) is 106. The number of hydrogen-bond acceptors (Lipinski definition) is 2. The second-order valence-corrected chi connectivity index (χ2v) is 29.6. The van der Waals surface area contributed by atoms with Crippen molar-refractivity contribution in [3.05, 3.63) is 334 Å². The molecule has 0 unspecified atom stereocenters. The molecule has 0 atom stereocenters. The van der Waals surface area contributed by atoms with E-state index < -0.39 is 5.41 Å². The van der Waals surface area contributed by atoms with Gasteiger partial charge < -0.3 is 9.80 Å². The smallest absolute Gasteiger partial charge is 0.0726 e. The molecule has 0 amide bonds. The first-order valence-electron chi connectivity index (χ1n) is 37.5. The van der Waals surface area contributed by atoms with Gasteiger partial charge in [0.25, 0.3) is 0 Å². The van der Waals surface area contributed by atoms with Crippen LogP contribution in [-0.2, 0) is 16.2 Å². The van der Waals surface area contributed by atoms with E-state index in [2.05, 4.69) is 331 Å². The van der Waals surface area contributed by atoms with Gasteiger partial charge in [-0.1, -0.05) is 284 Å². The maximum absolute atomic E-state index is 2.64. The molecule has 13 aromatic rings. The molecule has 0 bridgehead atoms. The van der Waals surface area contributed by atoms with Crippen molar-refractivity contribution >= 4 is 44.9 Å². The molecule has 4 aliphatic carbocycles. The molecular weight excluding hydrogens is 1210 g/mol. The fourth-order valence-corrected chi connectivity index (χ4v) is 18.9. The van der Waals surface area contributed by atoms with Gasteiger partial charge in [-0.25, -0.2) is 0 Å². The summed E-state index contributed by atoms with van der Waals surface area (Å²) in [6.45, 7) is 16.4. The molecule has 0 fully saturated rings. The number of nitrogens with zero attached hydrogens (tertiary/aromatic N) is 2. The highest BCUT2D eigenvalue weighted by Gasteiger charge is 2.52. The molecule has 13 aromatic carbocycles. The van der Waals surface area contributed by atoms with E-state index in [1.165, 1.54) is 207 Å². The zero-order valence-corrected chi connectivity index (χ0v) is 59.4. The summed E-state index contributed by atoms with van der Waals surface area (Å²) >= 11 is 0. The molecular formula is C98H90N2. The zero-order chi connectivity index (χ0) is 67.9. The van der Waals surface area contributed by atoms with Crippen LogP contribution in [-0.4, -0.2) is 0 Å². The Labute approximate surface area is 593 Å². The van der Waals surface area contributed by atoms with Crippen LogP contribution in [0.4, 0.5) is 34.1 Å². The third-order valence-corrected chi connectivity index (χ3v) is 23.7. The number of unbranched alkanes of at least 4 members (excludes halogenated alkanes) is 4. The molecule has 0 aromatic heterocycles. The average molecular weight is 1300 g/mol. The minimum atomic E-state index is -0.469. The van der Waals surface area contributed by atoms with Crippen molar-refractivity contribution in [2.45, 2.75) is 142 Å². The van der Waals surface area contributed by atoms with Crippen molar-refractivity contribution in [1.29, 1.82) is 0 Å². The summed E-state index contributed by atoms with van der Waals surface area (Å²) in [5.74, 6) is 0. The highest BCUT2D eigenvalue weighted by molar-refractivity contribution is 5.97. The van der Waals surface area contributed by atoms with E-state index in [9.17, 15) is 0 Å². The van der Waals surface area contributed by atoms with Gasteiger partial charge >= 0.3 is 0 Å². The molecule has 0 heterocycles. The van der Waals surface area contributed by atoms with Crippen molar-refractivity contribution in [2.24, 2.45) is 0 Å². The molecule has 0 N–H and O–H groups in total. The monoisotopic (exact) mass is 1290 g/mol. The lowest BCUT2D eigenvalue weighted by Gasteiger charge is -2.35. The van der Waals surface area contributed by atoms with Gasteiger partial charge in [-0.3, -0.25) is 0 Å².